The average molecular weight is 326 g/mol. The number of nitrogens with two attached hydrogens (primary N) is 1. The van der Waals surface area contributed by atoms with Gasteiger partial charge in [0.2, 0.25) is 0 Å². The van der Waals surface area contributed by atoms with Crippen molar-refractivity contribution in [2.24, 2.45) is 0 Å². The van der Waals surface area contributed by atoms with E-state index in [0.717, 1.165) is 4.47 Å². The standard InChI is InChI=1S/C13H10BrClN2O/c14-9-3-6-12(11(15)7-9)17-13(18)8-1-4-10(16)5-2-8/h1-7H,16H2,(H,17,18). The second-order valence-electron chi connectivity index (χ2n) is 3.70. The van der Waals surface area contributed by atoms with Crippen molar-refractivity contribution in [2.75, 3.05) is 11.1 Å². The van der Waals surface area contributed by atoms with E-state index in [-0.39, 0.29) is 5.91 Å². The summed E-state index contributed by atoms with van der Waals surface area (Å²) in [7, 11) is 0. The third-order valence-corrected chi connectivity index (χ3v) is 3.16. The van der Waals surface area contributed by atoms with Gasteiger partial charge in [-0.1, -0.05) is 27.5 Å². The van der Waals surface area contributed by atoms with Gasteiger partial charge in [-0.2, -0.15) is 0 Å². The predicted octanol–water partition coefficient (Wildman–Crippen LogP) is 3.94. The Morgan fingerprint density at radius 3 is 2.44 bits per heavy atom. The number of hydrogen-bond donors (Lipinski definition) is 2. The summed E-state index contributed by atoms with van der Waals surface area (Å²) < 4.78 is 0.859. The summed E-state index contributed by atoms with van der Waals surface area (Å²) in [6, 6.07) is 12.0. The summed E-state index contributed by atoms with van der Waals surface area (Å²) >= 11 is 9.33. The van der Waals surface area contributed by atoms with Crippen LogP contribution in [0, 0.1) is 0 Å². The summed E-state index contributed by atoms with van der Waals surface area (Å²) in [4.78, 5) is 11.9. The van der Waals surface area contributed by atoms with E-state index in [9.17, 15) is 4.79 Å². The molecule has 0 saturated carbocycles. The number of amides is 1. The Bertz CT molecular complexity index is 584. The lowest BCUT2D eigenvalue weighted by atomic mass is 10.2. The number of anilines is 2. The highest BCUT2D eigenvalue weighted by Crippen LogP contribution is 2.26. The molecule has 0 fully saturated rings. The van der Waals surface area contributed by atoms with E-state index in [0.29, 0.717) is 22.0 Å². The summed E-state index contributed by atoms with van der Waals surface area (Å²) in [5.41, 5.74) is 7.28. The molecule has 0 heterocycles. The average Bonchev–Trinajstić information content (AvgIpc) is 2.33. The van der Waals surface area contributed by atoms with Crippen LogP contribution >= 0.6 is 27.5 Å². The number of halogens is 2. The maximum atomic E-state index is 11.9. The fraction of sp³-hybridized carbons (Fsp3) is 0. The highest BCUT2D eigenvalue weighted by atomic mass is 79.9. The Balaban J connectivity index is 2.18. The van der Waals surface area contributed by atoms with Gasteiger partial charge < -0.3 is 11.1 Å². The molecule has 2 rings (SSSR count). The van der Waals surface area contributed by atoms with Crippen molar-refractivity contribution in [3.05, 3.63) is 57.5 Å². The number of carbonyl (C=O) groups is 1. The second kappa shape index (κ2) is 5.42. The van der Waals surface area contributed by atoms with Crippen molar-refractivity contribution in [2.45, 2.75) is 0 Å². The van der Waals surface area contributed by atoms with E-state index in [4.69, 9.17) is 17.3 Å². The minimum atomic E-state index is -0.223. The smallest absolute Gasteiger partial charge is 0.255 e. The van der Waals surface area contributed by atoms with Crippen LogP contribution in [0.1, 0.15) is 10.4 Å². The summed E-state index contributed by atoms with van der Waals surface area (Å²) in [6.07, 6.45) is 0. The quantitative estimate of drug-likeness (QED) is 0.822. The maximum absolute atomic E-state index is 11.9. The number of carbonyl (C=O) groups excluding carboxylic acids is 1. The van der Waals surface area contributed by atoms with Gasteiger partial charge in [-0.25, -0.2) is 0 Å². The highest BCUT2D eigenvalue weighted by molar-refractivity contribution is 9.10. The van der Waals surface area contributed by atoms with Gasteiger partial charge in [-0.3, -0.25) is 4.79 Å². The van der Waals surface area contributed by atoms with Gasteiger partial charge in [0.25, 0.3) is 5.91 Å². The molecular formula is C13H10BrClN2O. The molecule has 3 N–H and O–H groups in total. The number of nitrogen functional groups attached to an aromatic ring is 1. The van der Waals surface area contributed by atoms with Crippen molar-refractivity contribution in [3.63, 3.8) is 0 Å². The van der Waals surface area contributed by atoms with Crippen LogP contribution in [-0.2, 0) is 0 Å². The Morgan fingerprint density at radius 1 is 1.17 bits per heavy atom. The summed E-state index contributed by atoms with van der Waals surface area (Å²) in [5, 5.41) is 3.22. The monoisotopic (exact) mass is 324 g/mol. The van der Waals surface area contributed by atoms with Crippen LogP contribution < -0.4 is 11.1 Å². The zero-order chi connectivity index (χ0) is 13.1. The molecule has 0 aliphatic rings. The van der Waals surface area contributed by atoms with Crippen LogP contribution in [0.4, 0.5) is 11.4 Å². The minimum absolute atomic E-state index is 0.223. The SMILES string of the molecule is Nc1ccc(C(=O)Nc2ccc(Br)cc2Cl)cc1. The largest absolute Gasteiger partial charge is 0.399 e. The first-order chi connectivity index (χ1) is 8.56. The molecule has 0 aliphatic heterocycles. The Kier molecular flexibility index (Phi) is 3.89. The van der Waals surface area contributed by atoms with Gasteiger partial charge in [0, 0.05) is 15.7 Å². The van der Waals surface area contributed by atoms with Crippen LogP contribution in [0.5, 0.6) is 0 Å². The number of benzene rings is 2. The van der Waals surface area contributed by atoms with Gasteiger partial charge >= 0.3 is 0 Å². The van der Waals surface area contributed by atoms with Gasteiger partial charge in [-0.15, -0.1) is 0 Å². The van der Waals surface area contributed by atoms with Gasteiger partial charge in [0.05, 0.1) is 10.7 Å². The first-order valence-corrected chi connectivity index (χ1v) is 6.35. The normalized spacial score (nSPS) is 10.1. The molecule has 2 aromatic rings. The fourth-order valence-corrected chi connectivity index (χ4v) is 2.14. The molecule has 92 valence electrons. The number of hydrogen-bond acceptors (Lipinski definition) is 2. The topological polar surface area (TPSA) is 55.1 Å². The zero-order valence-corrected chi connectivity index (χ0v) is 11.6. The van der Waals surface area contributed by atoms with E-state index >= 15 is 0 Å². The lowest BCUT2D eigenvalue weighted by Gasteiger charge is -2.07. The molecule has 2 aromatic carbocycles. The molecule has 0 saturated heterocycles. The third kappa shape index (κ3) is 3.03. The Labute approximate surface area is 118 Å². The third-order valence-electron chi connectivity index (χ3n) is 2.35. The Hall–Kier alpha value is -1.52. The van der Waals surface area contributed by atoms with Gasteiger partial charge in [0.1, 0.15) is 0 Å². The van der Waals surface area contributed by atoms with Crippen molar-refractivity contribution < 1.29 is 4.79 Å². The molecule has 5 heteroatoms. The molecule has 0 radical (unpaired) electrons. The first kappa shape index (κ1) is 12.9. The molecule has 3 nitrogen and oxygen atoms in total. The molecule has 0 aromatic heterocycles. The van der Waals surface area contributed by atoms with E-state index in [1.807, 2.05) is 6.07 Å². The van der Waals surface area contributed by atoms with E-state index in [1.54, 1.807) is 36.4 Å². The van der Waals surface area contributed by atoms with Crippen LogP contribution in [-0.4, -0.2) is 5.91 Å². The molecule has 0 aliphatic carbocycles. The molecule has 18 heavy (non-hydrogen) atoms. The molecule has 0 atom stereocenters. The maximum Gasteiger partial charge on any atom is 0.255 e. The number of rotatable bonds is 2. The van der Waals surface area contributed by atoms with Crippen molar-refractivity contribution in [3.8, 4) is 0 Å². The second-order valence-corrected chi connectivity index (χ2v) is 5.02. The van der Waals surface area contributed by atoms with Crippen LogP contribution in [0.15, 0.2) is 46.9 Å². The summed E-state index contributed by atoms with van der Waals surface area (Å²) in [5.74, 6) is -0.223. The van der Waals surface area contributed by atoms with E-state index in [2.05, 4.69) is 21.2 Å². The molecule has 0 bridgehead atoms. The van der Waals surface area contributed by atoms with Gasteiger partial charge in [0.15, 0.2) is 0 Å². The van der Waals surface area contributed by atoms with Crippen molar-refractivity contribution in [1.82, 2.24) is 0 Å². The lowest BCUT2D eigenvalue weighted by Crippen LogP contribution is -2.12. The van der Waals surface area contributed by atoms with Gasteiger partial charge in [-0.05, 0) is 42.5 Å². The first-order valence-electron chi connectivity index (χ1n) is 5.18. The van der Waals surface area contributed by atoms with E-state index in [1.165, 1.54) is 0 Å². The highest BCUT2D eigenvalue weighted by Gasteiger charge is 2.08. The molecule has 0 unspecified atom stereocenters. The molecule has 1 amide bonds. The van der Waals surface area contributed by atoms with E-state index < -0.39 is 0 Å². The number of nitrogens with one attached hydrogen (secondary N) is 1. The van der Waals surface area contributed by atoms with Crippen molar-refractivity contribution >= 4 is 44.8 Å². The van der Waals surface area contributed by atoms with Crippen molar-refractivity contribution in [1.29, 1.82) is 0 Å². The zero-order valence-electron chi connectivity index (χ0n) is 9.28. The predicted molar refractivity (Wildman–Crippen MR) is 78.0 cm³/mol. The van der Waals surface area contributed by atoms with Crippen LogP contribution in [0.25, 0.3) is 0 Å². The molecular weight excluding hydrogens is 316 g/mol. The minimum Gasteiger partial charge on any atom is -0.399 e. The lowest BCUT2D eigenvalue weighted by molar-refractivity contribution is 0.102. The summed E-state index contributed by atoms with van der Waals surface area (Å²) in [6.45, 7) is 0. The van der Waals surface area contributed by atoms with Crippen LogP contribution in [0.3, 0.4) is 0 Å². The van der Waals surface area contributed by atoms with Crippen LogP contribution in [0.2, 0.25) is 5.02 Å². The Morgan fingerprint density at radius 2 is 1.83 bits per heavy atom. The molecule has 0 spiro atoms. The fourth-order valence-electron chi connectivity index (χ4n) is 1.42.